The topological polar surface area (TPSA) is 172 Å². The molecule has 2 aliphatic heterocycles. The molecular weight excluding hydrogens is 496 g/mol. The zero-order valence-electron chi connectivity index (χ0n) is 18.2. The Morgan fingerprint density at radius 3 is 2.97 bits per heavy atom. The van der Waals surface area contributed by atoms with E-state index in [0.717, 1.165) is 21.9 Å². The van der Waals surface area contributed by atoms with Crippen LogP contribution in [0.2, 0.25) is 0 Å². The number of carboxylic acid groups (broad SMARTS) is 1. The Morgan fingerprint density at radius 1 is 1.43 bits per heavy atom. The lowest BCUT2D eigenvalue weighted by molar-refractivity contribution is -0.512. The number of anilines is 1. The zero-order chi connectivity index (χ0) is 24.7. The molecule has 0 unspecified atom stereocenters. The molecule has 5 heterocycles. The number of carboxylic acids is 1. The van der Waals surface area contributed by atoms with E-state index in [9.17, 15) is 19.5 Å². The van der Waals surface area contributed by atoms with E-state index in [4.69, 9.17) is 10.6 Å². The molecule has 0 saturated carbocycles. The maximum absolute atomic E-state index is 13.0. The van der Waals surface area contributed by atoms with Crippen LogP contribution < -0.4 is 20.6 Å². The molecule has 0 aromatic carbocycles. The first kappa shape index (κ1) is 22.8. The molecule has 15 heteroatoms. The van der Waals surface area contributed by atoms with Gasteiger partial charge in [-0.1, -0.05) is 11.2 Å². The molecule has 3 N–H and O–H groups in total. The lowest BCUT2D eigenvalue weighted by Gasteiger charge is -2.50. The lowest BCUT2D eigenvalue weighted by Crippen LogP contribution is -2.71. The number of carbonyl (C=O) groups excluding carboxylic acids is 3. The summed E-state index contributed by atoms with van der Waals surface area (Å²) in [4.78, 5) is 47.8. The average Bonchev–Trinajstić information content (AvgIpc) is 3.46. The van der Waals surface area contributed by atoms with Gasteiger partial charge in [0.05, 0.1) is 17.9 Å². The van der Waals surface area contributed by atoms with Gasteiger partial charge in [0.15, 0.2) is 10.8 Å². The Bertz CT molecular complexity index is 1410. The van der Waals surface area contributed by atoms with Gasteiger partial charge in [0.25, 0.3) is 23.8 Å². The number of thiazole rings is 1. The fourth-order valence-corrected chi connectivity index (χ4v) is 5.82. The third-order valence-electron chi connectivity index (χ3n) is 5.48. The predicted molar refractivity (Wildman–Crippen MR) is 123 cm³/mol. The molecule has 13 nitrogen and oxygen atoms in total. The number of pyridine rings is 1. The molecule has 180 valence electrons. The van der Waals surface area contributed by atoms with Crippen molar-refractivity contribution in [3.8, 4) is 0 Å². The molecule has 2 aliphatic rings. The van der Waals surface area contributed by atoms with Gasteiger partial charge in [-0.2, -0.15) is 0 Å². The smallest absolute Gasteiger partial charge is 0.276 e. The Balaban J connectivity index is 1.37. The number of β-lactam (4-membered cyclic amide) rings is 1. The highest BCUT2D eigenvalue weighted by molar-refractivity contribution is 8.00. The van der Waals surface area contributed by atoms with E-state index in [1.807, 2.05) is 24.4 Å². The summed E-state index contributed by atoms with van der Waals surface area (Å²) in [5, 5.41) is 23.8. The number of nitrogen functional groups attached to an aromatic ring is 1. The molecule has 35 heavy (non-hydrogen) atoms. The van der Waals surface area contributed by atoms with Gasteiger partial charge in [-0.15, -0.1) is 27.8 Å². The van der Waals surface area contributed by atoms with Crippen molar-refractivity contribution in [2.75, 3.05) is 18.6 Å². The number of amides is 2. The minimum Gasteiger partial charge on any atom is -0.543 e. The third kappa shape index (κ3) is 3.97. The molecule has 0 bridgehead atoms. The van der Waals surface area contributed by atoms with E-state index in [0.29, 0.717) is 11.3 Å². The second-order valence-corrected chi connectivity index (χ2v) is 9.54. The molecule has 2 amide bonds. The maximum Gasteiger partial charge on any atom is 0.276 e. The second-order valence-electron chi connectivity index (χ2n) is 7.55. The van der Waals surface area contributed by atoms with Crippen molar-refractivity contribution in [3.63, 3.8) is 0 Å². The molecule has 1 fully saturated rings. The van der Waals surface area contributed by atoms with Crippen LogP contribution in [0.15, 0.2) is 52.5 Å². The summed E-state index contributed by atoms with van der Waals surface area (Å²) in [7, 11) is 1.27. The summed E-state index contributed by atoms with van der Waals surface area (Å²) >= 11 is 2.46. The molecule has 3 aromatic heterocycles. The van der Waals surface area contributed by atoms with Crippen molar-refractivity contribution in [1.82, 2.24) is 25.0 Å². The largest absolute Gasteiger partial charge is 0.543 e. The van der Waals surface area contributed by atoms with Crippen LogP contribution in [0.4, 0.5) is 5.13 Å². The Kier molecular flexibility index (Phi) is 5.86. The Morgan fingerprint density at radius 2 is 2.26 bits per heavy atom. The summed E-state index contributed by atoms with van der Waals surface area (Å²) in [6.45, 7) is 0.167. The first-order valence-corrected chi connectivity index (χ1v) is 12.1. The molecule has 0 spiro atoms. The Labute approximate surface area is 205 Å². The standard InChI is InChI=1S/C20H18N8O5S2/c1-33-25-13(11-8-35-20(21)23-11)16(29)24-14-17(30)28-15(19(31)32)10(7-34-18(14)28)6-27-12-4-2-3-5-26(12)9-22-27/h2-5,8-9,14,18H,6-7H2,1H3,(H3-,21,23,24,29,31,32)/b25-13-/t14-,18+/m1/s1. The monoisotopic (exact) mass is 514 g/mol. The molecule has 5 rings (SSSR count). The van der Waals surface area contributed by atoms with Gasteiger partial charge in [-0.25, -0.2) is 9.38 Å². The number of carbonyl (C=O) groups is 3. The van der Waals surface area contributed by atoms with E-state index in [1.165, 1.54) is 24.3 Å². The number of aromatic nitrogens is 4. The molecular formula is C20H18N8O5S2. The molecule has 0 radical (unpaired) electrons. The van der Waals surface area contributed by atoms with Crippen molar-refractivity contribution in [1.29, 1.82) is 0 Å². The van der Waals surface area contributed by atoms with Gasteiger partial charge in [-0.3, -0.25) is 14.5 Å². The van der Waals surface area contributed by atoms with Crippen molar-refractivity contribution < 1.29 is 28.7 Å². The number of nitrogens with one attached hydrogen (secondary N) is 1. The molecule has 2 atom stereocenters. The number of nitrogens with two attached hydrogens (primary N) is 1. The van der Waals surface area contributed by atoms with Crippen LogP contribution in [-0.2, 0) is 25.8 Å². The van der Waals surface area contributed by atoms with Crippen LogP contribution in [-0.4, -0.2) is 67.4 Å². The fourth-order valence-electron chi connectivity index (χ4n) is 3.94. The summed E-state index contributed by atoms with van der Waals surface area (Å²) in [5.41, 5.74) is 6.74. The summed E-state index contributed by atoms with van der Waals surface area (Å²) in [6.07, 6.45) is 3.44. The number of thioether (sulfide) groups is 1. The zero-order valence-corrected chi connectivity index (χ0v) is 19.8. The highest BCUT2D eigenvalue weighted by atomic mass is 32.2. The number of rotatable bonds is 7. The summed E-state index contributed by atoms with van der Waals surface area (Å²) in [5.74, 6) is -2.42. The van der Waals surface area contributed by atoms with E-state index in [2.05, 4.69) is 20.6 Å². The van der Waals surface area contributed by atoms with Crippen LogP contribution in [0.1, 0.15) is 5.69 Å². The van der Waals surface area contributed by atoms with E-state index < -0.39 is 29.2 Å². The highest BCUT2D eigenvalue weighted by Crippen LogP contribution is 2.40. The molecule has 1 saturated heterocycles. The number of oxime groups is 1. The number of hydrogen-bond donors (Lipinski definition) is 2. The summed E-state index contributed by atoms with van der Waals surface area (Å²) < 4.78 is 3.45. The lowest BCUT2D eigenvalue weighted by atomic mass is 10.0. The van der Waals surface area contributed by atoms with Crippen molar-refractivity contribution in [3.05, 3.63) is 53.1 Å². The van der Waals surface area contributed by atoms with Gasteiger partial charge in [0.2, 0.25) is 0 Å². The van der Waals surface area contributed by atoms with Gasteiger partial charge in [0, 0.05) is 27.9 Å². The third-order valence-corrected chi connectivity index (χ3v) is 7.49. The highest BCUT2D eigenvalue weighted by Gasteiger charge is 2.53. The fraction of sp³-hybridized carbons (Fsp3) is 0.250. The average molecular weight is 515 g/mol. The number of aliphatic carboxylic acids is 1. The first-order valence-electron chi connectivity index (χ1n) is 10.2. The van der Waals surface area contributed by atoms with Gasteiger partial charge < -0.3 is 25.8 Å². The van der Waals surface area contributed by atoms with Crippen LogP contribution in [0.25, 0.3) is 5.65 Å². The van der Waals surface area contributed by atoms with E-state index in [1.54, 1.807) is 15.4 Å². The normalized spacial score (nSPS) is 20.0. The maximum atomic E-state index is 13.0. The van der Waals surface area contributed by atoms with Crippen LogP contribution in [0.5, 0.6) is 0 Å². The van der Waals surface area contributed by atoms with Gasteiger partial charge in [0.1, 0.15) is 30.8 Å². The summed E-state index contributed by atoms with van der Waals surface area (Å²) in [6, 6.07) is 4.59. The predicted octanol–water partition coefficient (Wildman–Crippen LogP) is -1.88. The minimum absolute atomic E-state index is 0.146. The first-order chi connectivity index (χ1) is 16.9. The van der Waals surface area contributed by atoms with Crippen LogP contribution in [0.3, 0.4) is 0 Å². The molecule has 0 aliphatic carbocycles. The van der Waals surface area contributed by atoms with Crippen molar-refractivity contribution >= 4 is 57.4 Å². The second kappa shape index (κ2) is 8.99. The van der Waals surface area contributed by atoms with Gasteiger partial charge >= 0.3 is 0 Å². The Hall–Kier alpha value is -3.98. The van der Waals surface area contributed by atoms with E-state index in [-0.39, 0.29) is 28.8 Å². The van der Waals surface area contributed by atoms with Crippen LogP contribution in [0, 0.1) is 0 Å². The van der Waals surface area contributed by atoms with Crippen molar-refractivity contribution in [2.24, 2.45) is 5.16 Å². The van der Waals surface area contributed by atoms with Crippen LogP contribution >= 0.6 is 23.1 Å². The quantitative estimate of drug-likeness (QED) is 0.158. The van der Waals surface area contributed by atoms with Crippen molar-refractivity contribution in [2.45, 2.75) is 18.0 Å². The minimum atomic E-state index is -1.47. The number of hydrogen-bond acceptors (Lipinski definition) is 11. The number of fused-ring (bicyclic) bond motifs is 2. The number of nitrogens with zero attached hydrogens (tertiary/aromatic N) is 6. The van der Waals surface area contributed by atoms with Gasteiger partial charge in [-0.05, 0) is 6.07 Å². The molecule has 3 aromatic rings. The SMILES string of the molecule is CO/N=C(\C(=O)N[C@@H]1C(=O)N2C(C(=O)[O-])=C(Cn3nc[n+]4ccccc34)CS[C@@H]12)c1csc(N)n1. The van der Waals surface area contributed by atoms with E-state index >= 15 is 0 Å².